The van der Waals surface area contributed by atoms with E-state index < -0.39 is 23.2 Å². The van der Waals surface area contributed by atoms with Crippen LogP contribution >= 0.6 is 12.2 Å². The van der Waals surface area contributed by atoms with Crippen LogP contribution in [0.1, 0.15) is 13.3 Å². The van der Waals surface area contributed by atoms with Gasteiger partial charge in [-0.2, -0.15) is 13.2 Å². The fourth-order valence-corrected chi connectivity index (χ4v) is 1.37. The number of aliphatic hydroxyl groups excluding tert-OH is 1. The highest BCUT2D eigenvalue weighted by atomic mass is 32.1. The second-order valence-corrected chi connectivity index (χ2v) is 4.37. The molecule has 0 amide bonds. The largest absolute Gasteiger partial charge is 0.399 e. The molecule has 0 spiro atoms. The third-order valence-electron chi connectivity index (χ3n) is 2.16. The van der Waals surface area contributed by atoms with Gasteiger partial charge in [0, 0.05) is 13.1 Å². The third-order valence-corrected chi connectivity index (χ3v) is 2.45. The van der Waals surface area contributed by atoms with Crippen LogP contribution in [0, 0.1) is 5.92 Å². The van der Waals surface area contributed by atoms with E-state index >= 15 is 0 Å². The summed E-state index contributed by atoms with van der Waals surface area (Å²) in [4.78, 5) is 0.917. The lowest BCUT2D eigenvalue weighted by Crippen LogP contribution is -2.42. The molecule has 0 saturated heterocycles. The molecule has 0 rings (SSSR count). The Hall–Kier alpha value is -0.400. The number of hydrogen-bond donors (Lipinski definition) is 2. The van der Waals surface area contributed by atoms with Crippen LogP contribution in [0.3, 0.4) is 0 Å². The summed E-state index contributed by atoms with van der Waals surface area (Å²) in [5.41, 5.74) is 5.06. The van der Waals surface area contributed by atoms with Crippen molar-refractivity contribution < 1.29 is 18.3 Å². The molecule has 96 valence electrons. The average molecular weight is 258 g/mol. The van der Waals surface area contributed by atoms with Crippen molar-refractivity contribution in [2.75, 3.05) is 20.1 Å². The molecule has 0 heterocycles. The monoisotopic (exact) mass is 258 g/mol. The molecule has 0 radical (unpaired) electrons. The number of halogens is 3. The van der Waals surface area contributed by atoms with Gasteiger partial charge in [0.1, 0.15) is 5.92 Å². The zero-order valence-electron chi connectivity index (χ0n) is 9.29. The topological polar surface area (TPSA) is 49.5 Å². The predicted molar refractivity (Wildman–Crippen MR) is 60.1 cm³/mol. The predicted octanol–water partition coefficient (Wildman–Crippen LogP) is 1.15. The van der Waals surface area contributed by atoms with Crippen LogP contribution in [0.15, 0.2) is 0 Å². The number of hydrogen-bond acceptors (Lipinski definition) is 3. The van der Waals surface area contributed by atoms with E-state index in [1.54, 1.807) is 14.0 Å². The van der Waals surface area contributed by atoms with E-state index in [4.69, 9.17) is 10.8 Å². The molecule has 0 bridgehead atoms. The van der Waals surface area contributed by atoms with Gasteiger partial charge in [-0.1, -0.05) is 12.2 Å². The summed E-state index contributed by atoms with van der Waals surface area (Å²) in [6.07, 6.45) is -4.53. The van der Waals surface area contributed by atoms with Crippen LogP contribution in [0.5, 0.6) is 0 Å². The zero-order chi connectivity index (χ0) is 12.9. The fraction of sp³-hybridized carbons (Fsp3) is 0.889. The second kappa shape index (κ2) is 6.36. The summed E-state index contributed by atoms with van der Waals surface area (Å²) in [7, 11) is 1.54. The molecule has 0 aliphatic carbocycles. The summed E-state index contributed by atoms with van der Waals surface area (Å²) >= 11 is 4.40. The van der Waals surface area contributed by atoms with E-state index in [0.29, 0.717) is 13.0 Å². The smallest absolute Gasteiger partial charge is 0.393 e. The quantitative estimate of drug-likeness (QED) is 0.702. The van der Waals surface area contributed by atoms with E-state index in [0.717, 1.165) is 0 Å². The maximum Gasteiger partial charge on any atom is 0.399 e. The SMILES string of the molecule is CC(O)CCN(C)CC(C(N)=S)C(F)(F)F. The maximum atomic E-state index is 12.5. The zero-order valence-corrected chi connectivity index (χ0v) is 10.1. The van der Waals surface area contributed by atoms with Crippen molar-refractivity contribution in [1.29, 1.82) is 0 Å². The fourth-order valence-electron chi connectivity index (χ4n) is 1.16. The van der Waals surface area contributed by atoms with Crippen molar-refractivity contribution in [1.82, 2.24) is 4.90 Å². The number of nitrogens with zero attached hydrogens (tertiary/aromatic N) is 1. The number of rotatable bonds is 6. The molecular weight excluding hydrogens is 241 g/mol. The Labute approximate surface area is 98.4 Å². The Kier molecular flexibility index (Phi) is 6.20. The van der Waals surface area contributed by atoms with Gasteiger partial charge >= 0.3 is 6.18 Å². The van der Waals surface area contributed by atoms with Crippen molar-refractivity contribution in [2.24, 2.45) is 11.7 Å². The Morgan fingerprint density at radius 1 is 1.50 bits per heavy atom. The molecule has 0 fully saturated rings. The van der Waals surface area contributed by atoms with Crippen molar-refractivity contribution in [3.8, 4) is 0 Å². The summed E-state index contributed by atoms with van der Waals surface area (Å²) in [6, 6.07) is 0. The van der Waals surface area contributed by atoms with E-state index in [1.165, 1.54) is 4.90 Å². The lowest BCUT2D eigenvalue weighted by molar-refractivity contribution is -0.158. The van der Waals surface area contributed by atoms with Crippen molar-refractivity contribution in [2.45, 2.75) is 25.6 Å². The maximum absolute atomic E-state index is 12.5. The van der Waals surface area contributed by atoms with Crippen molar-refractivity contribution in [3.63, 3.8) is 0 Å². The van der Waals surface area contributed by atoms with Gasteiger partial charge < -0.3 is 15.7 Å². The summed E-state index contributed by atoms with van der Waals surface area (Å²) in [6.45, 7) is 1.68. The molecule has 0 aromatic heterocycles. The first kappa shape index (κ1) is 15.6. The highest BCUT2D eigenvalue weighted by Gasteiger charge is 2.42. The van der Waals surface area contributed by atoms with E-state index in [2.05, 4.69) is 12.2 Å². The minimum atomic E-state index is -4.41. The molecule has 0 aliphatic heterocycles. The standard InChI is InChI=1S/C9H17F3N2OS/c1-6(15)3-4-14(2)5-7(8(13)16)9(10,11)12/h6-7,15H,3-5H2,1-2H3,(H2,13,16). The Morgan fingerprint density at radius 2 is 2.00 bits per heavy atom. The summed E-state index contributed by atoms with van der Waals surface area (Å²) in [5.74, 6) is -1.79. The summed E-state index contributed by atoms with van der Waals surface area (Å²) in [5, 5.41) is 9.01. The Balaban J connectivity index is 4.25. The molecule has 3 nitrogen and oxygen atoms in total. The van der Waals surface area contributed by atoms with Crippen molar-refractivity contribution >= 4 is 17.2 Å². The first-order valence-electron chi connectivity index (χ1n) is 4.87. The Bertz CT molecular complexity index is 233. The van der Waals surface area contributed by atoms with Gasteiger partial charge in [0.2, 0.25) is 0 Å². The minimum Gasteiger partial charge on any atom is -0.393 e. The molecular formula is C9H17F3N2OS. The lowest BCUT2D eigenvalue weighted by Gasteiger charge is -2.25. The van der Waals surface area contributed by atoms with E-state index in [9.17, 15) is 13.2 Å². The van der Waals surface area contributed by atoms with Gasteiger partial charge in [0.25, 0.3) is 0 Å². The highest BCUT2D eigenvalue weighted by molar-refractivity contribution is 7.80. The molecule has 0 aromatic rings. The minimum absolute atomic E-state index is 0.272. The Morgan fingerprint density at radius 3 is 2.31 bits per heavy atom. The molecule has 3 N–H and O–H groups in total. The van der Waals surface area contributed by atoms with Gasteiger partial charge in [-0.25, -0.2) is 0 Å². The number of alkyl halides is 3. The van der Waals surface area contributed by atoms with Crippen LogP contribution in [0.2, 0.25) is 0 Å². The van der Waals surface area contributed by atoms with Crippen LogP contribution in [-0.4, -0.2) is 47.4 Å². The van der Waals surface area contributed by atoms with Gasteiger partial charge in [0.15, 0.2) is 0 Å². The number of thiocarbonyl (C=S) groups is 1. The van der Waals surface area contributed by atoms with Gasteiger partial charge in [-0.15, -0.1) is 0 Å². The van der Waals surface area contributed by atoms with Gasteiger partial charge in [-0.3, -0.25) is 0 Å². The van der Waals surface area contributed by atoms with Crippen LogP contribution in [0.25, 0.3) is 0 Å². The molecule has 0 aliphatic rings. The van der Waals surface area contributed by atoms with Crippen molar-refractivity contribution in [3.05, 3.63) is 0 Å². The normalized spacial score (nSPS) is 16.2. The highest BCUT2D eigenvalue weighted by Crippen LogP contribution is 2.27. The summed E-state index contributed by atoms with van der Waals surface area (Å²) < 4.78 is 37.5. The first-order chi connectivity index (χ1) is 7.14. The number of aliphatic hydroxyl groups is 1. The lowest BCUT2D eigenvalue weighted by atomic mass is 10.1. The van der Waals surface area contributed by atoms with Crippen LogP contribution in [0.4, 0.5) is 13.2 Å². The molecule has 7 heteroatoms. The number of nitrogens with two attached hydrogens (primary N) is 1. The average Bonchev–Trinajstić information content (AvgIpc) is 2.08. The van der Waals surface area contributed by atoms with Crippen LogP contribution < -0.4 is 5.73 Å². The first-order valence-corrected chi connectivity index (χ1v) is 5.28. The van der Waals surface area contributed by atoms with Gasteiger partial charge in [-0.05, 0) is 20.4 Å². The molecule has 16 heavy (non-hydrogen) atoms. The second-order valence-electron chi connectivity index (χ2n) is 3.90. The van der Waals surface area contributed by atoms with Crippen LogP contribution in [-0.2, 0) is 0 Å². The van der Waals surface area contributed by atoms with Gasteiger partial charge in [0.05, 0.1) is 11.1 Å². The molecule has 0 aromatic carbocycles. The molecule has 2 atom stereocenters. The molecule has 0 saturated carbocycles. The van der Waals surface area contributed by atoms with E-state index in [-0.39, 0.29) is 6.54 Å². The van der Waals surface area contributed by atoms with E-state index in [1.807, 2.05) is 0 Å². The third kappa shape index (κ3) is 6.24. The molecule has 2 unspecified atom stereocenters.